The van der Waals surface area contributed by atoms with Crippen molar-refractivity contribution in [1.82, 2.24) is 10.2 Å². The van der Waals surface area contributed by atoms with Crippen molar-refractivity contribution >= 4 is 0 Å². The summed E-state index contributed by atoms with van der Waals surface area (Å²) in [5.41, 5.74) is 0.803. The fourth-order valence-corrected chi connectivity index (χ4v) is 3.09. The lowest BCUT2D eigenvalue weighted by Gasteiger charge is -2.35. The van der Waals surface area contributed by atoms with Crippen LogP contribution in [-0.2, 0) is 6.18 Å². The van der Waals surface area contributed by atoms with Crippen LogP contribution in [0.1, 0.15) is 22.7 Å². The summed E-state index contributed by atoms with van der Waals surface area (Å²) in [5.74, 6) is -0.348. The Morgan fingerprint density at radius 2 is 1.58 bits per heavy atom. The molecule has 0 aliphatic carbocycles. The summed E-state index contributed by atoms with van der Waals surface area (Å²) in [4.78, 5) is 2.16. The highest BCUT2D eigenvalue weighted by Crippen LogP contribution is 2.33. The standard InChI is InChI=1S/C18H18F4N2/c19-16-3-1-2-14(12-16)17(24-10-8-23-9-11-24)13-4-6-15(7-5-13)18(20,21)22/h1-7,12,17,23H,8-11H2. The molecule has 2 nitrogen and oxygen atoms in total. The molecular formula is C18H18F4N2. The quantitative estimate of drug-likeness (QED) is 0.856. The van der Waals surface area contributed by atoms with Crippen molar-refractivity contribution in [2.24, 2.45) is 0 Å². The van der Waals surface area contributed by atoms with Crippen LogP contribution in [0.2, 0.25) is 0 Å². The second kappa shape index (κ2) is 6.91. The monoisotopic (exact) mass is 338 g/mol. The first-order valence-electron chi connectivity index (χ1n) is 7.82. The second-order valence-electron chi connectivity index (χ2n) is 5.86. The Labute approximate surface area is 138 Å². The van der Waals surface area contributed by atoms with Crippen molar-refractivity contribution in [2.45, 2.75) is 12.2 Å². The highest BCUT2D eigenvalue weighted by atomic mass is 19.4. The van der Waals surface area contributed by atoms with E-state index in [0.717, 1.165) is 49.4 Å². The molecule has 1 fully saturated rings. The third-order valence-electron chi connectivity index (χ3n) is 4.23. The molecule has 0 aromatic heterocycles. The Bertz CT molecular complexity index is 676. The van der Waals surface area contributed by atoms with Gasteiger partial charge in [-0.25, -0.2) is 4.39 Å². The molecule has 1 unspecified atom stereocenters. The summed E-state index contributed by atoms with van der Waals surface area (Å²) >= 11 is 0. The average Bonchev–Trinajstić information content (AvgIpc) is 2.56. The van der Waals surface area contributed by atoms with Gasteiger partial charge in [0.1, 0.15) is 5.82 Å². The number of alkyl halides is 3. The molecule has 1 aliphatic rings. The van der Waals surface area contributed by atoms with Gasteiger partial charge < -0.3 is 5.32 Å². The molecule has 0 saturated carbocycles. The lowest BCUT2D eigenvalue weighted by molar-refractivity contribution is -0.137. The Hall–Kier alpha value is -1.92. The van der Waals surface area contributed by atoms with Crippen LogP contribution in [-0.4, -0.2) is 31.1 Å². The molecule has 3 rings (SSSR count). The number of hydrogen-bond donors (Lipinski definition) is 1. The van der Waals surface area contributed by atoms with E-state index >= 15 is 0 Å². The van der Waals surface area contributed by atoms with E-state index < -0.39 is 11.7 Å². The number of halogens is 4. The molecule has 0 amide bonds. The van der Waals surface area contributed by atoms with Gasteiger partial charge in [-0.2, -0.15) is 13.2 Å². The lowest BCUT2D eigenvalue weighted by Crippen LogP contribution is -2.45. The van der Waals surface area contributed by atoms with Gasteiger partial charge in [0.25, 0.3) is 0 Å². The zero-order valence-corrected chi connectivity index (χ0v) is 13.0. The van der Waals surface area contributed by atoms with Gasteiger partial charge in [-0.3, -0.25) is 4.90 Å². The first kappa shape index (κ1) is 16.9. The van der Waals surface area contributed by atoms with Crippen LogP contribution in [0.5, 0.6) is 0 Å². The first-order chi connectivity index (χ1) is 11.4. The largest absolute Gasteiger partial charge is 0.416 e. The van der Waals surface area contributed by atoms with E-state index in [1.807, 2.05) is 6.07 Å². The van der Waals surface area contributed by atoms with Crippen molar-refractivity contribution in [3.05, 3.63) is 71.0 Å². The molecule has 0 radical (unpaired) electrons. The molecule has 0 bridgehead atoms. The fraction of sp³-hybridized carbons (Fsp3) is 0.333. The van der Waals surface area contributed by atoms with Gasteiger partial charge in [0.15, 0.2) is 0 Å². The Balaban J connectivity index is 1.97. The third-order valence-corrected chi connectivity index (χ3v) is 4.23. The van der Waals surface area contributed by atoms with E-state index in [1.54, 1.807) is 6.07 Å². The number of hydrogen-bond acceptors (Lipinski definition) is 2. The number of rotatable bonds is 3. The van der Waals surface area contributed by atoms with Gasteiger partial charge in [0, 0.05) is 26.2 Å². The molecule has 2 aromatic carbocycles. The van der Waals surface area contributed by atoms with Crippen LogP contribution in [0.25, 0.3) is 0 Å². The van der Waals surface area contributed by atoms with Crippen molar-refractivity contribution in [3.8, 4) is 0 Å². The van der Waals surface area contributed by atoms with Crippen LogP contribution in [0, 0.1) is 5.82 Å². The minimum Gasteiger partial charge on any atom is -0.314 e. The van der Waals surface area contributed by atoms with E-state index in [1.165, 1.54) is 24.3 Å². The summed E-state index contributed by atoms with van der Waals surface area (Å²) in [6.45, 7) is 3.10. The smallest absolute Gasteiger partial charge is 0.314 e. The number of piperazine rings is 1. The maximum Gasteiger partial charge on any atom is 0.416 e. The van der Waals surface area contributed by atoms with Gasteiger partial charge in [-0.1, -0.05) is 24.3 Å². The normalized spacial score (nSPS) is 17.7. The summed E-state index contributed by atoms with van der Waals surface area (Å²) in [6.07, 6.45) is -4.36. The van der Waals surface area contributed by atoms with Crippen LogP contribution in [0.4, 0.5) is 17.6 Å². The van der Waals surface area contributed by atoms with Crippen molar-refractivity contribution < 1.29 is 17.6 Å². The van der Waals surface area contributed by atoms with Gasteiger partial charge in [-0.05, 0) is 35.4 Å². The van der Waals surface area contributed by atoms with Crippen LogP contribution < -0.4 is 5.32 Å². The Morgan fingerprint density at radius 1 is 0.917 bits per heavy atom. The lowest BCUT2D eigenvalue weighted by atomic mass is 9.95. The molecule has 1 heterocycles. The van der Waals surface area contributed by atoms with Crippen LogP contribution in [0.15, 0.2) is 48.5 Å². The predicted octanol–water partition coefficient (Wildman–Crippen LogP) is 3.84. The van der Waals surface area contributed by atoms with Crippen molar-refractivity contribution in [3.63, 3.8) is 0 Å². The summed E-state index contributed by atoms with van der Waals surface area (Å²) in [7, 11) is 0. The predicted molar refractivity (Wildman–Crippen MR) is 84.1 cm³/mol. The maximum atomic E-state index is 13.7. The molecule has 2 aromatic rings. The molecular weight excluding hydrogens is 320 g/mol. The SMILES string of the molecule is Fc1cccc(C(c2ccc(C(F)(F)F)cc2)N2CCNCC2)c1. The third kappa shape index (κ3) is 3.76. The maximum absolute atomic E-state index is 13.7. The number of benzene rings is 2. The Kier molecular flexibility index (Phi) is 4.87. The molecule has 0 spiro atoms. The molecule has 6 heteroatoms. The minimum atomic E-state index is -4.36. The molecule has 24 heavy (non-hydrogen) atoms. The topological polar surface area (TPSA) is 15.3 Å². The fourth-order valence-electron chi connectivity index (χ4n) is 3.09. The summed E-state index contributed by atoms with van der Waals surface area (Å²) in [6, 6.07) is 11.1. The molecule has 128 valence electrons. The minimum absolute atomic E-state index is 0.259. The second-order valence-corrected chi connectivity index (χ2v) is 5.86. The average molecular weight is 338 g/mol. The van der Waals surface area contributed by atoms with Crippen LogP contribution >= 0.6 is 0 Å². The van der Waals surface area contributed by atoms with Gasteiger partial charge in [-0.15, -0.1) is 0 Å². The molecule has 1 saturated heterocycles. The molecule has 1 atom stereocenters. The van der Waals surface area contributed by atoms with Crippen LogP contribution in [0.3, 0.4) is 0 Å². The molecule has 1 aliphatic heterocycles. The van der Waals surface area contributed by atoms with E-state index in [4.69, 9.17) is 0 Å². The first-order valence-corrected chi connectivity index (χ1v) is 7.82. The van der Waals surface area contributed by atoms with Crippen molar-refractivity contribution in [2.75, 3.05) is 26.2 Å². The molecule has 1 N–H and O–H groups in total. The van der Waals surface area contributed by atoms with Crippen molar-refractivity contribution in [1.29, 1.82) is 0 Å². The van der Waals surface area contributed by atoms with E-state index in [2.05, 4.69) is 10.2 Å². The van der Waals surface area contributed by atoms with E-state index in [-0.39, 0.29) is 11.9 Å². The summed E-state index contributed by atoms with van der Waals surface area (Å²) < 4.78 is 52.0. The Morgan fingerprint density at radius 3 is 2.17 bits per heavy atom. The van der Waals surface area contributed by atoms with E-state index in [9.17, 15) is 17.6 Å². The summed E-state index contributed by atoms with van der Waals surface area (Å²) in [5, 5.41) is 3.25. The highest BCUT2D eigenvalue weighted by Gasteiger charge is 2.31. The number of nitrogens with one attached hydrogen (secondary N) is 1. The van der Waals surface area contributed by atoms with E-state index in [0.29, 0.717) is 0 Å². The van der Waals surface area contributed by atoms with Gasteiger partial charge >= 0.3 is 6.18 Å². The number of nitrogens with zero attached hydrogens (tertiary/aromatic N) is 1. The van der Waals surface area contributed by atoms with Gasteiger partial charge in [0.2, 0.25) is 0 Å². The zero-order valence-electron chi connectivity index (χ0n) is 13.0. The highest BCUT2D eigenvalue weighted by molar-refractivity contribution is 5.35. The zero-order chi connectivity index (χ0) is 17.2. The van der Waals surface area contributed by atoms with Gasteiger partial charge in [0.05, 0.1) is 11.6 Å².